The Kier molecular flexibility index (Phi) is 8.08. The van der Waals surface area contributed by atoms with Crippen molar-refractivity contribution in [2.75, 3.05) is 24.6 Å². The zero-order valence-corrected chi connectivity index (χ0v) is 23.8. The molecule has 11 heteroatoms. The Morgan fingerprint density at radius 2 is 1.87 bits per heavy atom. The Hall–Kier alpha value is -2.43. The van der Waals surface area contributed by atoms with Gasteiger partial charge in [-0.05, 0) is 62.8 Å². The largest absolute Gasteiger partial charge is 0.376 e. The topological polar surface area (TPSA) is 59.3 Å². The Morgan fingerprint density at radius 1 is 1.10 bits per heavy atom. The molecule has 0 spiro atoms. The van der Waals surface area contributed by atoms with Gasteiger partial charge in [0.15, 0.2) is 17.0 Å². The number of aromatic nitrogens is 4. The quantitative estimate of drug-likeness (QED) is 0.312. The number of fused-ring (bicyclic) bond motifs is 1. The first-order chi connectivity index (χ1) is 18.5. The number of anilines is 1. The standard InChI is InChI=1S/C28H36ClF3N6O/c1-15(2)24(19-8-9-21(25(31)32)22(30)11-19)36-12-17(4)37(13-16(36)3)26-23-27(35-28(29)34-26)38(18(5)33-23)14-20-7-6-10-39-20/h8-9,11,15-17,20,24-25H,6-7,10,12-14H2,1-5H3/t16-,17+,20?,24?/m1/s1. The number of nitrogens with zero attached hydrogens (tertiary/aromatic N) is 6. The molecule has 2 aliphatic rings. The summed E-state index contributed by atoms with van der Waals surface area (Å²) in [5.74, 6) is 0.817. The fourth-order valence-corrected chi connectivity index (χ4v) is 6.34. The van der Waals surface area contributed by atoms with E-state index >= 15 is 0 Å². The third-order valence-electron chi connectivity index (χ3n) is 8.05. The molecule has 0 N–H and O–H groups in total. The number of imidazole rings is 1. The minimum atomic E-state index is -2.84. The molecule has 2 fully saturated rings. The zero-order valence-electron chi connectivity index (χ0n) is 23.0. The molecule has 39 heavy (non-hydrogen) atoms. The van der Waals surface area contributed by atoms with Gasteiger partial charge in [0, 0.05) is 37.8 Å². The summed E-state index contributed by atoms with van der Waals surface area (Å²) in [6, 6.07) is 4.08. The van der Waals surface area contributed by atoms with Gasteiger partial charge in [0.1, 0.15) is 11.6 Å². The van der Waals surface area contributed by atoms with E-state index in [0.29, 0.717) is 42.2 Å². The van der Waals surface area contributed by atoms with Crippen LogP contribution in [0.25, 0.3) is 11.2 Å². The van der Waals surface area contributed by atoms with Crippen molar-refractivity contribution in [2.45, 2.75) is 84.7 Å². The van der Waals surface area contributed by atoms with Crippen LogP contribution in [0.4, 0.5) is 19.0 Å². The predicted octanol–water partition coefficient (Wildman–Crippen LogP) is 6.34. The molecule has 2 aromatic heterocycles. The van der Waals surface area contributed by atoms with Gasteiger partial charge in [-0.3, -0.25) is 4.90 Å². The summed E-state index contributed by atoms with van der Waals surface area (Å²) < 4.78 is 48.8. The highest BCUT2D eigenvalue weighted by atomic mass is 35.5. The number of hydrogen-bond acceptors (Lipinski definition) is 6. The molecule has 0 aliphatic carbocycles. The summed E-state index contributed by atoms with van der Waals surface area (Å²) >= 11 is 6.45. The molecular weight excluding hydrogens is 529 g/mol. The maximum atomic E-state index is 14.5. The number of aryl methyl sites for hydroxylation is 1. The number of halogens is 4. The smallest absolute Gasteiger partial charge is 0.266 e. The Balaban J connectivity index is 1.44. The maximum Gasteiger partial charge on any atom is 0.266 e. The molecule has 2 saturated heterocycles. The summed E-state index contributed by atoms with van der Waals surface area (Å²) in [5, 5.41) is 0.169. The second-order valence-corrected chi connectivity index (χ2v) is 11.5. The molecule has 1 aromatic carbocycles. The lowest BCUT2D eigenvalue weighted by atomic mass is 9.90. The Bertz CT molecular complexity index is 1330. The highest BCUT2D eigenvalue weighted by Crippen LogP contribution is 2.37. The van der Waals surface area contributed by atoms with Crippen LogP contribution in [0.1, 0.15) is 70.0 Å². The molecule has 0 amide bonds. The van der Waals surface area contributed by atoms with Crippen LogP contribution in [-0.2, 0) is 11.3 Å². The van der Waals surface area contributed by atoms with E-state index in [0.717, 1.165) is 25.3 Å². The van der Waals surface area contributed by atoms with Crippen molar-refractivity contribution in [3.63, 3.8) is 0 Å². The fourth-order valence-electron chi connectivity index (χ4n) is 6.18. The third kappa shape index (κ3) is 5.47. The van der Waals surface area contributed by atoms with Crippen LogP contribution in [0.5, 0.6) is 0 Å². The second-order valence-electron chi connectivity index (χ2n) is 11.2. The third-order valence-corrected chi connectivity index (χ3v) is 8.22. The fraction of sp³-hybridized carbons (Fsp3) is 0.607. The van der Waals surface area contributed by atoms with E-state index in [-0.39, 0.29) is 35.4 Å². The molecule has 2 aliphatic heterocycles. The lowest BCUT2D eigenvalue weighted by molar-refractivity contribution is 0.0818. The monoisotopic (exact) mass is 564 g/mol. The van der Waals surface area contributed by atoms with E-state index in [1.54, 1.807) is 6.07 Å². The first-order valence-corrected chi connectivity index (χ1v) is 14.0. The average molecular weight is 565 g/mol. The SMILES string of the molecule is Cc1nc2c(N3C[C@@H](C)N(C(c4ccc(C(F)F)c(F)c4)C(C)C)C[C@@H]3C)nc(Cl)nc2n1CC1CCCO1. The summed E-state index contributed by atoms with van der Waals surface area (Å²) in [4.78, 5) is 18.6. The number of alkyl halides is 2. The molecule has 7 nitrogen and oxygen atoms in total. The van der Waals surface area contributed by atoms with Gasteiger partial charge >= 0.3 is 0 Å². The average Bonchev–Trinajstić information content (AvgIpc) is 3.49. The van der Waals surface area contributed by atoms with Crippen molar-refractivity contribution in [1.29, 1.82) is 0 Å². The number of hydrogen-bond donors (Lipinski definition) is 0. The molecule has 0 radical (unpaired) electrons. The van der Waals surface area contributed by atoms with Gasteiger partial charge in [0.2, 0.25) is 5.28 Å². The minimum Gasteiger partial charge on any atom is -0.376 e. The molecule has 0 saturated carbocycles. The van der Waals surface area contributed by atoms with Gasteiger partial charge in [0.25, 0.3) is 6.43 Å². The highest BCUT2D eigenvalue weighted by molar-refractivity contribution is 6.28. The van der Waals surface area contributed by atoms with Crippen LogP contribution in [-0.4, -0.2) is 62.3 Å². The van der Waals surface area contributed by atoms with Crippen LogP contribution >= 0.6 is 11.6 Å². The summed E-state index contributed by atoms with van der Waals surface area (Å²) in [7, 11) is 0. The minimum absolute atomic E-state index is 0.0328. The molecule has 4 heterocycles. The van der Waals surface area contributed by atoms with E-state index in [9.17, 15) is 13.2 Å². The molecular formula is C28H36ClF3N6O. The van der Waals surface area contributed by atoms with Crippen LogP contribution in [0.15, 0.2) is 18.2 Å². The first-order valence-electron chi connectivity index (χ1n) is 13.7. The van der Waals surface area contributed by atoms with Crippen molar-refractivity contribution in [3.05, 3.63) is 46.3 Å². The predicted molar refractivity (Wildman–Crippen MR) is 146 cm³/mol. The van der Waals surface area contributed by atoms with E-state index in [1.807, 2.05) is 6.92 Å². The summed E-state index contributed by atoms with van der Waals surface area (Å²) in [6.07, 6.45) is -0.647. The van der Waals surface area contributed by atoms with Gasteiger partial charge in [-0.25, -0.2) is 18.2 Å². The van der Waals surface area contributed by atoms with Gasteiger partial charge in [-0.1, -0.05) is 26.0 Å². The molecule has 212 valence electrons. The van der Waals surface area contributed by atoms with E-state index in [2.05, 4.69) is 52.0 Å². The van der Waals surface area contributed by atoms with Gasteiger partial charge in [0.05, 0.1) is 18.2 Å². The molecule has 0 bridgehead atoms. The Morgan fingerprint density at radius 3 is 2.51 bits per heavy atom. The normalized spacial score (nSPS) is 23.5. The van der Waals surface area contributed by atoms with Crippen LogP contribution in [0, 0.1) is 18.7 Å². The zero-order chi connectivity index (χ0) is 28.0. The van der Waals surface area contributed by atoms with E-state index in [1.165, 1.54) is 12.1 Å². The number of piperazine rings is 1. The maximum absolute atomic E-state index is 14.5. The number of ether oxygens (including phenoxy) is 1. The van der Waals surface area contributed by atoms with E-state index < -0.39 is 17.8 Å². The van der Waals surface area contributed by atoms with Crippen LogP contribution in [0.3, 0.4) is 0 Å². The van der Waals surface area contributed by atoms with E-state index in [4.69, 9.17) is 21.3 Å². The van der Waals surface area contributed by atoms with Gasteiger partial charge in [-0.15, -0.1) is 0 Å². The van der Waals surface area contributed by atoms with Crippen molar-refractivity contribution in [1.82, 2.24) is 24.4 Å². The van der Waals surface area contributed by atoms with Crippen LogP contribution in [0.2, 0.25) is 5.28 Å². The molecule has 2 unspecified atom stereocenters. The van der Waals surface area contributed by atoms with Crippen molar-refractivity contribution in [3.8, 4) is 0 Å². The summed E-state index contributed by atoms with van der Waals surface area (Å²) in [5.41, 5.74) is 1.56. The van der Waals surface area contributed by atoms with Crippen molar-refractivity contribution < 1.29 is 17.9 Å². The molecule has 3 aromatic rings. The number of rotatable bonds is 7. The van der Waals surface area contributed by atoms with Gasteiger partial charge < -0.3 is 14.2 Å². The number of benzene rings is 1. The molecule has 5 rings (SSSR count). The van der Waals surface area contributed by atoms with Crippen molar-refractivity contribution in [2.24, 2.45) is 5.92 Å². The highest BCUT2D eigenvalue weighted by Gasteiger charge is 2.37. The van der Waals surface area contributed by atoms with Crippen molar-refractivity contribution >= 4 is 28.6 Å². The van der Waals surface area contributed by atoms with Crippen LogP contribution < -0.4 is 4.90 Å². The first kappa shape index (κ1) is 28.1. The lowest BCUT2D eigenvalue weighted by Gasteiger charge is -2.49. The Labute approximate surface area is 232 Å². The van der Waals surface area contributed by atoms with Gasteiger partial charge in [-0.2, -0.15) is 9.97 Å². The summed E-state index contributed by atoms with van der Waals surface area (Å²) in [6.45, 7) is 13.1. The second kappa shape index (κ2) is 11.2. The lowest BCUT2D eigenvalue weighted by Crippen LogP contribution is -2.58. The molecule has 4 atom stereocenters.